The molecule has 0 atom stereocenters. The van der Waals surface area contributed by atoms with Crippen molar-refractivity contribution in [1.29, 1.82) is 0 Å². The Hall–Kier alpha value is -0.630. The molecule has 1 heterocycles. The van der Waals surface area contributed by atoms with E-state index in [-0.39, 0.29) is 0 Å². The number of hydrogen-bond acceptors (Lipinski definition) is 2. The number of rotatable bonds is 2. The highest BCUT2D eigenvalue weighted by atomic mass is 127. The van der Waals surface area contributed by atoms with Gasteiger partial charge in [-0.1, -0.05) is 0 Å². The molecule has 2 rings (SSSR count). The number of hydrogen-bond donors (Lipinski definition) is 0. The molecule has 1 aromatic heterocycles. The first kappa shape index (κ1) is 12.8. The molecular formula is C11H12BrIN4. The van der Waals surface area contributed by atoms with Gasteiger partial charge in [0.15, 0.2) is 0 Å². The highest BCUT2D eigenvalue weighted by molar-refractivity contribution is 14.1. The maximum absolute atomic E-state index is 4.48. The van der Waals surface area contributed by atoms with Crippen molar-refractivity contribution >= 4 is 61.6 Å². The Kier molecular flexibility index (Phi) is 3.72. The van der Waals surface area contributed by atoms with Gasteiger partial charge in [0.2, 0.25) is 0 Å². The molecule has 6 heteroatoms. The van der Waals surface area contributed by atoms with Gasteiger partial charge in [-0.2, -0.15) is 0 Å². The van der Waals surface area contributed by atoms with E-state index in [1.807, 2.05) is 30.6 Å². The summed E-state index contributed by atoms with van der Waals surface area (Å²) in [6.45, 7) is 0. The highest BCUT2D eigenvalue weighted by Crippen LogP contribution is 2.35. The second kappa shape index (κ2) is 4.93. The summed E-state index contributed by atoms with van der Waals surface area (Å²) >= 11 is 5.84. The lowest BCUT2D eigenvalue weighted by Gasteiger charge is -2.06. The molecular weight excluding hydrogens is 395 g/mol. The number of halogens is 2. The Morgan fingerprint density at radius 3 is 2.88 bits per heavy atom. The molecule has 0 bridgehead atoms. The van der Waals surface area contributed by atoms with Crippen molar-refractivity contribution in [2.75, 3.05) is 14.1 Å². The molecule has 0 unspecified atom stereocenters. The van der Waals surface area contributed by atoms with Crippen molar-refractivity contribution in [2.24, 2.45) is 12.0 Å². The monoisotopic (exact) mass is 406 g/mol. The fourth-order valence-corrected chi connectivity index (χ4v) is 3.37. The van der Waals surface area contributed by atoms with Crippen LogP contribution in [0.25, 0.3) is 11.0 Å². The molecule has 0 amide bonds. The summed E-state index contributed by atoms with van der Waals surface area (Å²) in [6.07, 6.45) is 3.60. The van der Waals surface area contributed by atoms with Gasteiger partial charge in [0.1, 0.15) is 11.2 Å². The van der Waals surface area contributed by atoms with Crippen LogP contribution in [0.3, 0.4) is 0 Å². The minimum atomic E-state index is 0.915. The van der Waals surface area contributed by atoms with Gasteiger partial charge in [0, 0.05) is 29.2 Å². The van der Waals surface area contributed by atoms with E-state index in [1.54, 1.807) is 12.7 Å². The number of aliphatic imine (C=N–C) groups is 1. The molecule has 0 saturated carbocycles. The van der Waals surface area contributed by atoms with Gasteiger partial charge in [0.25, 0.3) is 0 Å². The zero-order valence-electron chi connectivity index (χ0n) is 9.78. The van der Waals surface area contributed by atoms with Gasteiger partial charge in [-0.15, -0.1) is 0 Å². The molecule has 0 aliphatic heterocycles. The first-order chi connectivity index (χ1) is 8.00. The highest BCUT2D eigenvalue weighted by Gasteiger charge is 2.12. The Morgan fingerprint density at radius 1 is 1.53 bits per heavy atom. The van der Waals surface area contributed by atoms with Crippen LogP contribution in [0.15, 0.2) is 21.9 Å². The summed E-state index contributed by atoms with van der Waals surface area (Å²) in [5.41, 5.74) is 2.90. The lowest BCUT2D eigenvalue weighted by atomic mass is 10.2. The molecule has 17 heavy (non-hydrogen) atoms. The summed E-state index contributed by atoms with van der Waals surface area (Å²) in [5.74, 6) is 0. The number of benzene rings is 1. The number of nitrogens with zero attached hydrogens (tertiary/aromatic N) is 4. The molecule has 0 aliphatic carbocycles. The van der Waals surface area contributed by atoms with Gasteiger partial charge in [-0.3, -0.25) is 0 Å². The van der Waals surface area contributed by atoms with Gasteiger partial charge in [0.05, 0.1) is 18.2 Å². The van der Waals surface area contributed by atoms with Crippen LogP contribution in [0.2, 0.25) is 0 Å². The van der Waals surface area contributed by atoms with E-state index >= 15 is 0 Å². The summed E-state index contributed by atoms with van der Waals surface area (Å²) in [6, 6.07) is 2.06. The van der Waals surface area contributed by atoms with Gasteiger partial charge in [-0.05, 0) is 44.6 Å². The predicted molar refractivity (Wildman–Crippen MR) is 83.0 cm³/mol. The fourth-order valence-electron chi connectivity index (χ4n) is 1.54. The largest absolute Gasteiger partial charge is 0.369 e. The van der Waals surface area contributed by atoms with E-state index in [1.165, 1.54) is 0 Å². The molecule has 0 radical (unpaired) electrons. The lowest BCUT2D eigenvalue weighted by molar-refractivity contribution is 0.643. The van der Waals surface area contributed by atoms with Gasteiger partial charge < -0.3 is 9.47 Å². The van der Waals surface area contributed by atoms with Crippen LogP contribution in [0, 0.1) is 3.57 Å². The summed E-state index contributed by atoms with van der Waals surface area (Å²) < 4.78 is 4.11. The second-order valence-corrected chi connectivity index (χ2v) is 5.97. The van der Waals surface area contributed by atoms with E-state index in [9.17, 15) is 0 Å². The molecule has 4 nitrogen and oxygen atoms in total. The Labute approximate surface area is 122 Å². The van der Waals surface area contributed by atoms with Crippen LogP contribution in [-0.2, 0) is 7.05 Å². The van der Waals surface area contributed by atoms with E-state index in [4.69, 9.17) is 0 Å². The van der Waals surface area contributed by atoms with Crippen molar-refractivity contribution in [3.05, 3.63) is 20.4 Å². The Bertz CT molecular complexity index is 589. The zero-order chi connectivity index (χ0) is 12.6. The van der Waals surface area contributed by atoms with E-state index in [2.05, 4.69) is 54.6 Å². The van der Waals surface area contributed by atoms with E-state index < -0.39 is 0 Å². The SMILES string of the molecule is CN(C)/C=N/c1c(I)cc(Br)c2c1ncn2C. The van der Waals surface area contributed by atoms with E-state index in [0.717, 1.165) is 24.8 Å². The molecule has 0 N–H and O–H groups in total. The van der Waals surface area contributed by atoms with Crippen molar-refractivity contribution in [3.8, 4) is 0 Å². The first-order valence-corrected chi connectivity index (χ1v) is 6.87. The van der Waals surface area contributed by atoms with Crippen molar-refractivity contribution in [2.45, 2.75) is 0 Å². The Morgan fingerprint density at radius 2 is 2.24 bits per heavy atom. The van der Waals surface area contributed by atoms with Crippen LogP contribution in [-0.4, -0.2) is 34.9 Å². The average Bonchev–Trinajstić information content (AvgIpc) is 2.60. The van der Waals surface area contributed by atoms with Crippen LogP contribution in [0.1, 0.15) is 0 Å². The number of imidazole rings is 1. The molecule has 2 aromatic rings. The van der Waals surface area contributed by atoms with Crippen LogP contribution in [0.4, 0.5) is 5.69 Å². The summed E-state index contributed by atoms with van der Waals surface area (Å²) in [5, 5.41) is 0. The lowest BCUT2D eigenvalue weighted by Crippen LogP contribution is -2.07. The van der Waals surface area contributed by atoms with Gasteiger partial charge in [-0.25, -0.2) is 9.98 Å². The second-order valence-electron chi connectivity index (χ2n) is 3.95. The van der Waals surface area contributed by atoms with Gasteiger partial charge >= 0.3 is 0 Å². The quantitative estimate of drug-likeness (QED) is 0.436. The fraction of sp³-hybridized carbons (Fsp3) is 0.273. The smallest absolute Gasteiger partial charge is 0.116 e. The maximum Gasteiger partial charge on any atom is 0.116 e. The van der Waals surface area contributed by atoms with Crippen LogP contribution < -0.4 is 0 Å². The summed E-state index contributed by atoms with van der Waals surface area (Å²) in [7, 11) is 5.88. The topological polar surface area (TPSA) is 33.4 Å². The third-order valence-corrected chi connectivity index (χ3v) is 3.71. The van der Waals surface area contributed by atoms with Crippen LogP contribution >= 0.6 is 38.5 Å². The first-order valence-electron chi connectivity index (χ1n) is 5.00. The minimum absolute atomic E-state index is 0.915. The maximum atomic E-state index is 4.48. The molecule has 0 aliphatic rings. The average molecular weight is 407 g/mol. The van der Waals surface area contributed by atoms with Crippen molar-refractivity contribution in [1.82, 2.24) is 14.5 Å². The van der Waals surface area contributed by atoms with E-state index in [0.29, 0.717) is 0 Å². The predicted octanol–water partition coefficient (Wildman–Crippen LogP) is 3.16. The molecule has 1 aromatic carbocycles. The minimum Gasteiger partial charge on any atom is -0.369 e. The molecule has 90 valence electrons. The third kappa shape index (κ3) is 2.47. The molecule has 0 fully saturated rings. The Balaban J connectivity index is 2.70. The van der Waals surface area contributed by atoms with Crippen molar-refractivity contribution < 1.29 is 0 Å². The normalized spacial score (nSPS) is 11.6. The standard InChI is InChI=1S/C11H12BrIN4/c1-16(2)5-14-9-8(13)4-7(12)11-10(9)15-6-17(11)3/h4-6H,1-3H3/b14-5+. The van der Waals surface area contributed by atoms with Crippen LogP contribution in [0.5, 0.6) is 0 Å². The van der Waals surface area contributed by atoms with Crippen molar-refractivity contribution in [3.63, 3.8) is 0 Å². The third-order valence-electron chi connectivity index (χ3n) is 2.29. The number of aromatic nitrogens is 2. The zero-order valence-corrected chi connectivity index (χ0v) is 13.5. The molecule has 0 saturated heterocycles. The number of aryl methyl sites for hydroxylation is 1. The number of fused-ring (bicyclic) bond motifs is 1. The molecule has 0 spiro atoms. The summed E-state index contributed by atoms with van der Waals surface area (Å²) in [4.78, 5) is 10.8.